The Kier molecular flexibility index (Phi) is 7.14. The molecule has 0 saturated heterocycles. The topological polar surface area (TPSA) is 76.5 Å². The normalized spacial score (nSPS) is 21.8. The number of rotatable bonds is 3. The Balaban J connectivity index is 0.000000413. The van der Waals surface area contributed by atoms with Gasteiger partial charge in [-0.1, -0.05) is 27.4 Å². The minimum atomic E-state index is -0.935. The molecule has 132 valence electrons. The van der Waals surface area contributed by atoms with Crippen LogP contribution in [0.3, 0.4) is 0 Å². The highest BCUT2D eigenvalue weighted by atomic mass is 16.5. The Bertz CT molecular complexity index is 568. The number of nitrogens with zero attached hydrogens (tertiary/aromatic N) is 1. The molecule has 1 aliphatic carbocycles. The molecule has 1 N–H and O–H groups in total. The van der Waals surface area contributed by atoms with Gasteiger partial charge in [0.25, 0.3) is 0 Å². The highest BCUT2D eigenvalue weighted by molar-refractivity contribution is 5.89. The maximum atomic E-state index is 12.0. The van der Waals surface area contributed by atoms with E-state index < -0.39 is 5.97 Å². The minimum absolute atomic E-state index is 0.0384. The van der Waals surface area contributed by atoms with Crippen molar-refractivity contribution in [2.45, 2.75) is 53.1 Å². The molecular weight excluding hydrogens is 306 g/mol. The van der Waals surface area contributed by atoms with Gasteiger partial charge in [-0.15, -0.1) is 0 Å². The molecule has 1 fully saturated rings. The predicted octanol–water partition coefficient (Wildman–Crippen LogP) is 4.10. The summed E-state index contributed by atoms with van der Waals surface area (Å²) < 4.78 is 5.60. The van der Waals surface area contributed by atoms with E-state index in [1.165, 1.54) is 13.3 Å². The molecule has 0 amide bonds. The summed E-state index contributed by atoms with van der Waals surface area (Å²) in [5.41, 5.74) is 0.973. The summed E-state index contributed by atoms with van der Waals surface area (Å²) in [7, 11) is 0. The average molecular weight is 333 g/mol. The number of hydrogen-bond donors (Lipinski definition) is 1. The number of esters is 1. The number of aliphatic carboxylic acids is 1. The Morgan fingerprint density at radius 1 is 1.38 bits per heavy atom. The quantitative estimate of drug-likeness (QED) is 0.665. The first-order valence-electron chi connectivity index (χ1n) is 8.10. The minimum Gasteiger partial charge on any atom is -0.478 e. The summed E-state index contributed by atoms with van der Waals surface area (Å²) in [4.78, 5) is 25.5. The number of carbonyl (C=O) groups excluding carboxylic acids is 1. The number of carbonyl (C=O) groups is 2. The van der Waals surface area contributed by atoms with Crippen LogP contribution in [0.2, 0.25) is 0 Å². The lowest BCUT2D eigenvalue weighted by Gasteiger charge is -2.38. The lowest BCUT2D eigenvalue weighted by Crippen LogP contribution is -2.34. The van der Waals surface area contributed by atoms with Crippen LogP contribution in [0.25, 0.3) is 0 Å². The van der Waals surface area contributed by atoms with E-state index in [9.17, 15) is 9.59 Å². The third-order valence-corrected chi connectivity index (χ3v) is 3.88. The summed E-state index contributed by atoms with van der Waals surface area (Å²) in [6.45, 7) is 11.3. The molecule has 0 aromatic carbocycles. The Hall–Kier alpha value is -2.17. The van der Waals surface area contributed by atoms with Gasteiger partial charge in [0, 0.05) is 18.0 Å². The Labute approximate surface area is 143 Å². The van der Waals surface area contributed by atoms with Gasteiger partial charge in [-0.05, 0) is 49.7 Å². The standard InChI is InChI=1S/C15H21NO2.C4H6O2/c1-11-7-13(9-15(2,3)8-11)18-14(17)12-5-4-6-16-10-12;1-3(2)4(5)6/h4-6,10-11,13H,7-9H2,1-3H3;1H2,2H3,(H,5,6)/t11-,13-;/m1./s1. The average Bonchev–Trinajstić information content (AvgIpc) is 2.46. The summed E-state index contributed by atoms with van der Waals surface area (Å²) >= 11 is 0. The molecule has 24 heavy (non-hydrogen) atoms. The van der Waals surface area contributed by atoms with Gasteiger partial charge in [-0.3, -0.25) is 4.98 Å². The van der Waals surface area contributed by atoms with Gasteiger partial charge >= 0.3 is 11.9 Å². The van der Waals surface area contributed by atoms with Crippen molar-refractivity contribution in [2.24, 2.45) is 11.3 Å². The zero-order valence-electron chi connectivity index (χ0n) is 14.9. The van der Waals surface area contributed by atoms with Crippen molar-refractivity contribution in [3.8, 4) is 0 Å². The van der Waals surface area contributed by atoms with Crippen LogP contribution in [0.4, 0.5) is 0 Å². The van der Waals surface area contributed by atoms with Crippen LogP contribution in [0.1, 0.15) is 57.3 Å². The molecule has 1 aromatic rings. The van der Waals surface area contributed by atoms with E-state index in [1.54, 1.807) is 24.5 Å². The SMILES string of the molecule is C=C(C)C(=O)O.C[C@@H]1C[C@@H](OC(=O)c2cccnc2)CC(C)(C)C1. The van der Waals surface area contributed by atoms with E-state index >= 15 is 0 Å². The highest BCUT2D eigenvalue weighted by Crippen LogP contribution is 2.39. The van der Waals surface area contributed by atoms with Gasteiger partial charge < -0.3 is 9.84 Å². The van der Waals surface area contributed by atoms with Crippen LogP contribution in [0.5, 0.6) is 0 Å². The van der Waals surface area contributed by atoms with E-state index in [4.69, 9.17) is 9.84 Å². The molecule has 0 radical (unpaired) electrons. The van der Waals surface area contributed by atoms with Crippen molar-refractivity contribution in [1.29, 1.82) is 0 Å². The number of aromatic nitrogens is 1. The predicted molar refractivity (Wildman–Crippen MR) is 92.7 cm³/mol. The number of carboxylic acids is 1. The van der Waals surface area contributed by atoms with E-state index in [1.807, 2.05) is 0 Å². The number of ether oxygens (including phenoxy) is 1. The summed E-state index contributed by atoms with van der Waals surface area (Å²) in [5, 5.41) is 7.89. The van der Waals surface area contributed by atoms with Gasteiger partial charge in [0.2, 0.25) is 0 Å². The molecule has 0 bridgehead atoms. The van der Waals surface area contributed by atoms with Crippen molar-refractivity contribution in [3.05, 3.63) is 42.2 Å². The fraction of sp³-hybridized carbons (Fsp3) is 0.526. The van der Waals surface area contributed by atoms with Crippen LogP contribution < -0.4 is 0 Å². The molecule has 5 heteroatoms. The van der Waals surface area contributed by atoms with Crippen LogP contribution in [0.15, 0.2) is 36.7 Å². The highest BCUT2D eigenvalue weighted by Gasteiger charge is 2.34. The van der Waals surface area contributed by atoms with Crippen LogP contribution in [0, 0.1) is 11.3 Å². The third-order valence-electron chi connectivity index (χ3n) is 3.88. The summed E-state index contributed by atoms with van der Waals surface area (Å²) in [6.07, 6.45) is 6.37. The van der Waals surface area contributed by atoms with Gasteiger partial charge in [0.1, 0.15) is 6.10 Å². The fourth-order valence-corrected chi connectivity index (χ4v) is 3.05. The van der Waals surface area contributed by atoms with Crippen LogP contribution in [-0.2, 0) is 9.53 Å². The number of carboxylic acid groups (broad SMARTS) is 1. The van der Waals surface area contributed by atoms with Crippen molar-refractivity contribution in [3.63, 3.8) is 0 Å². The summed E-state index contributed by atoms with van der Waals surface area (Å²) in [5.74, 6) is -0.576. The lowest BCUT2D eigenvalue weighted by molar-refractivity contribution is -0.132. The molecule has 0 unspecified atom stereocenters. The first kappa shape index (κ1) is 19.9. The van der Waals surface area contributed by atoms with Gasteiger partial charge in [-0.25, -0.2) is 9.59 Å². The van der Waals surface area contributed by atoms with E-state index in [2.05, 4.69) is 32.3 Å². The first-order valence-corrected chi connectivity index (χ1v) is 8.10. The molecule has 1 saturated carbocycles. The van der Waals surface area contributed by atoms with E-state index in [0.29, 0.717) is 11.5 Å². The maximum absolute atomic E-state index is 12.0. The Morgan fingerprint density at radius 2 is 2.00 bits per heavy atom. The molecule has 1 aliphatic rings. The number of pyridine rings is 1. The maximum Gasteiger partial charge on any atom is 0.339 e. The number of hydrogen-bond acceptors (Lipinski definition) is 4. The van der Waals surface area contributed by atoms with Gasteiger partial charge in [0.05, 0.1) is 5.56 Å². The third kappa shape index (κ3) is 6.94. The monoisotopic (exact) mass is 333 g/mol. The zero-order valence-corrected chi connectivity index (χ0v) is 14.9. The molecule has 1 aromatic heterocycles. The lowest BCUT2D eigenvalue weighted by atomic mass is 9.71. The Morgan fingerprint density at radius 3 is 2.46 bits per heavy atom. The van der Waals surface area contributed by atoms with Crippen LogP contribution >= 0.6 is 0 Å². The van der Waals surface area contributed by atoms with Crippen molar-refractivity contribution in [2.75, 3.05) is 0 Å². The second-order valence-electron chi connectivity index (χ2n) is 7.27. The fourth-order valence-electron chi connectivity index (χ4n) is 3.05. The molecule has 1 heterocycles. The van der Waals surface area contributed by atoms with Crippen LogP contribution in [-0.4, -0.2) is 28.1 Å². The van der Waals surface area contributed by atoms with Crippen molar-refractivity contribution < 1.29 is 19.4 Å². The van der Waals surface area contributed by atoms with Crippen molar-refractivity contribution >= 4 is 11.9 Å². The largest absolute Gasteiger partial charge is 0.478 e. The van der Waals surface area contributed by atoms with E-state index in [0.717, 1.165) is 12.8 Å². The van der Waals surface area contributed by atoms with Gasteiger partial charge in [0.15, 0.2) is 0 Å². The van der Waals surface area contributed by atoms with Gasteiger partial charge in [-0.2, -0.15) is 0 Å². The molecule has 0 spiro atoms. The molecule has 2 atom stereocenters. The molecule has 5 nitrogen and oxygen atoms in total. The molecular formula is C19H27NO4. The first-order chi connectivity index (χ1) is 11.1. The second-order valence-corrected chi connectivity index (χ2v) is 7.27. The summed E-state index contributed by atoms with van der Waals surface area (Å²) in [6, 6.07) is 3.50. The van der Waals surface area contributed by atoms with E-state index in [-0.39, 0.29) is 23.1 Å². The molecule has 2 rings (SSSR count). The molecule has 0 aliphatic heterocycles. The van der Waals surface area contributed by atoms with Crippen molar-refractivity contribution in [1.82, 2.24) is 4.98 Å². The smallest absolute Gasteiger partial charge is 0.339 e. The second kappa shape index (κ2) is 8.62. The zero-order chi connectivity index (χ0) is 18.3.